The molecule has 1 rings (SSSR count). The molecule has 0 N–H and O–H groups in total. The van der Waals surface area contributed by atoms with Crippen LogP contribution in [0.15, 0.2) is 42.5 Å². The van der Waals surface area contributed by atoms with Crippen LogP contribution in [-0.2, 0) is 4.79 Å². The molecule has 0 radical (unpaired) electrons. The molecule has 0 unspecified atom stereocenters. The van der Waals surface area contributed by atoms with Crippen LogP contribution in [0.25, 0.3) is 0 Å². The van der Waals surface area contributed by atoms with E-state index in [0.717, 1.165) is 11.9 Å². The Morgan fingerprint density at radius 2 is 2.00 bits per heavy atom. The van der Waals surface area contributed by atoms with Crippen molar-refractivity contribution in [3.63, 3.8) is 0 Å². The summed E-state index contributed by atoms with van der Waals surface area (Å²) < 4.78 is 0. The fourth-order valence-electron chi connectivity index (χ4n) is 1.40. The topological polar surface area (TPSA) is 37.4 Å². The molecular formula is C13H15NO2. The van der Waals surface area contributed by atoms with Gasteiger partial charge in [-0.25, -0.2) is 0 Å². The molecule has 0 bridgehead atoms. The van der Waals surface area contributed by atoms with Gasteiger partial charge in [0.1, 0.15) is 6.29 Å². The molecule has 3 heteroatoms. The normalized spacial score (nSPS) is 9.56. The van der Waals surface area contributed by atoms with Crippen molar-refractivity contribution in [2.24, 2.45) is 0 Å². The Morgan fingerprint density at radius 3 is 2.50 bits per heavy atom. The SMILES string of the molecule is C=C(C)CN(CC=O)C(=O)c1ccccc1. The lowest BCUT2D eigenvalue weighted by Gasteiger charge is -2.20. The zero-order valence-corrected chi connectivity index (χ0v) is 9.35. The molecule has 0 fully saturated rings. The summed E-state index contributed by atoms with van der Waals surface area (Å²) >= 11 is 0. The van der Waals surface area contributed by atoms with Crippen molar-refractivity contribution in [1.82, 2.24) is 4.90 Å². The van der Waals surface area contributed by atoms with Crippen molar-refractivity contribution in [3.05, 3.63) is 48.0 Å². The van der Waals surface area contributed by atoms with Crippen molar-refractivity contribution in [2.45, 2.75) is 6.92 Å². The largest absolute Gasteiger partial charge is 0.328 e. The number of hydrogen-bond acceptors (Lipinski definition) is 2. The smallest absolute Gasteiger partial charge is 0.254 e. The zero-order valence-electron chi connectivity index (χ0n) is 9.35. The summed E-state index contributed by atoms with van der Waals surface area (Å²) in [4.78, 5) is 24.0. The average molecular weight is 217 g/mol. The summed E-state index contributed by atoms with van der Waals surface area (Å²) in [6.45, 7) is 6.08. The van der Waals surface area contributed by atoms with Gasteiger partial charge in [-0.05, 0) is 19.1 Å². The van der Waals surface area contributed by atoms with Gasteiger partial charge in [0.15, 0.2) is 0 Å². The maximum absolute atomic E-state index is 12.0. The highest BCUT2D eigenvalue weighted by Crippen LogP contribution is 2.05. The van der Waals surface area contributed by atoms with E-state index in [1.54, 1.807) is 24.3 Å². The van der Waals surface area contributed by atoms with E-state index < -0.39 is 0 Å². The van der Waals surface area contributed by atoms with Crippen LogP contribution in [0.1, 0.15) is 17.3 Å². The molecule has 0 aromatic heterocycles. The fraction of sp³-hybridized carbons (Fsp3) is 0.231. The van der Waals surface area contributed by atoms with Crippen LogP contribution in [0.5, 0.6) is 0 Å². The number of carbonyl (C=O) groups is 2. The highest BCUT2D eigenvalue weighted by atomic mass is 16.2. The van der Waals surface area contributed by atoms with Crippen LogP contribution in [0, 0.1) is 0 Å². The highest BCUT2D eigenvalue weighted by Gasteiger charge is 2.14. The number of carbonyl (C=O) groups excluding carboxylic acids is 2. The zero-order chi connectivity index (χ0) is 12.0. The van der Waals surface area contributed by atoms with Crippen molar-refractivity contribution < 1.29 is 9.59 Å². The minimum atomic E-state index is -0.143. The Morgan fingerprint density at radius 1 is 1.38 bits per heavy atom. The second-order valence-corrected chi connectivity index (χ2v) is 3.68. The lowest BCUT2D eigenvalue weighted by molar-refractivity contribution is -0.108. The van der Waals surface area contributed by atoms with E-state index in [1.807, 2.05) is 13.0 Å². The number of amides is 1. The number of aldehydes is 1. The van der Waals surface area contributed by atoms with Crippen molar-refractivity contribution >= 4 is 12.2 Å². The third kappa shape index (κ3) is 3.35. The molecule has 0 atom stereocenters. The summed E-state index contributed by atoms with van der Waals surface area (Å²) in [6.07, 6.45) is 0.726. The van der Waals surface area contributed by atoms with Gasteiger partial charge in [-0.15, -0.1) is 0 Å². The third-order valence-electron chi connectivity index (χ3n) is 2.06. The first kappa shape index (κ1) is 12.2. The van der Waals surface area contributed by atoms with Gasteiger partial charge in [-0.3, -0.25) is 4.79 Å². The predicted molar refractivity (Wildman–Crippen MR) is 63.2 cm³/mol. The third-order valence-corrected chi connectivity index (χ3v) is 2.06. The monoisotopic (exact) mass is 217 g/mol. The first-order chi connectivity index (χ1) is 7.65. The Bertz CT molecular complexity index is 384. The Balaban J connectivity index is 2.82. The van der Waals surface area contributed by atoms with Gasteiger partial charge in [0, 0.05) is 12.1 Å². The number of nitrogens with zero attached hydrogens (tertiary/aromatic N) is 1. The lowest BCUT2D eigenvalue weighted by atomic mass is 10.2. The van der Waals surface area contributed by atoms with E-state index >= 15 is 0 Å². The molecule has 0 aliphatic rings. The van der Waals surface area contributed by atoms with Crippen LogP contribution >= 0.6 is 0 Å². The first-order valence-electron chi connectivity index (χ1n) is 5.07. The second kappa shape index (κ2) is 5.85. The van der Waals surface area contributed by atoms with E-state index in [9.17, 15) is 9.59 Å². The Hall–Kier alpha value is -1.90. The van der Waals surface area contributed by atoms with Crippen molar-refractivity contribution in [1.29, 1.82) is 0 Å². The summed E-state index contributed by atoms with van der Waals surface area (Å²) in [5.74, 6) is -0.143. The number of rotatable bonds is 5. The minimum Gasteiger partial charge on any atom is -0.328 e. The molecule has 1 amide bonds. The summed E-state index contributed by atoms with van der Waals surface area (Å²) in [7, 11) is 0. The first-order valence-corrected chi connectivity index (χ1v) is 5.07. The van der Waals surface area contributed by atoms with Crippen LogP contribution in [0.2, 0.25) is 0 Å². The number of hydrogen-bond donors (Lipinski definition) is 0. The minimum absolute atomic E-state index is 0.0978. The van der Waals surface area contributed by atoms with Crippen molar-refractivity contribution in [2.75, 3.05) is 13.1 Å². The van der Waals surface area contributed by atoms with Gasteiger partial charge >= 0.3 is 0 Å². The maximum atomic E-state index is 12.0. The Kier molecular flexibility index (Phi) is 4.45. The van der Waals surface area contributed by atoms with Crippen molar-refractivity contribution in [3.8, 4) is 0 Å². The van der Waals surface area contributed by atoms with Gasteiger partial charge in [-0.1, -0.05) is 30.4 Å². The molecule has 1 aromatic carbocycles. The van der Waals surface area contributed by atoms with Crippen LogP contribution in [0.4, 0.5) is 0 Å². The quantitative estimate of drug-likeness (QED) is 0.558. The van der Waals surface area contributed by atoms with E-state index in [-0.39, 0.29) is 12.5 Å². The van der Waals surface area contributed by atoms with Gasteiger partial charge in [0.25, 0.3) is 5.91 Å². The van der Waals surface area contributed by atoms with E-state index in [0.29, 0.717) is 12.1 Å². The molecule has 1 aromatic rings. The molecule has 3 nitrogen and oxygen atoms in total. The molecule has 0 spiro atoms. The van der Waals surface area contributed by atoms with Gasteiger partial charge < -0.3 is 9.69 Å². The molecule has 16 heavy (non-hydrogen) atoms. The molecular weight excluding hydrogens is 202 g/mol. The summed E-state index contributed by atoms with van der Waals surface area (Å²) in [5, 5.41) is 0. The van der Waals surface area contributed by atoms with E-state index in [1.165, 1.54) is 4.90 Å². The summed E-state index contributed by atoms with van der Waals surface area (Å²) in [6, 6.07) is 8.91. The predicted octanol–water partition coefficient (Wildman–Crippen LogP) is 1.90. The van der Waals surface area contributed by atoms with Gasteiger partial charge in [0.2, 0.25) is 0 Å². The lowest BCUT2D eigenvalue weighted by Crippen LogP contribution is -2.33. The molecule has 0 heterocycles. The highest BCUT2D eigenvalue weighted by molar-refractivity contribution is 5.95. The molecule has 0 aliphatic carbocycles. The fourth-order valence-corrected chi connectivity index (χ4v) is 1.40. The van der Waals surface area contributed by atoms with E-state index in [2.05, 4.69) is 6.58 Å². The van der Waals surface area contributed by atoms with Gasteiger partial charge in [0.05, 0.1) is 6.54 Å². The Labute approximate surface area is 95.4 Å². The standard InChI is InChI=1S/C13H15NO2/c1-11(2)10-14(8-9-15)13(16)12-6-4-3-5-7-12/h3-7,9H,1,8,10H2,2H3. The molecule has 0 aliphatic heterocycles. The van der Waals surface area contributed by atoms with Crippen LogP contribution in [0.3, 0.4) is 0 Å². The van der Waals surface area contributed by atoms with E-state index in [4.69, 9.17) is 0 Å². The number of benzene rings is 1. The van der Waals surface area contributed by atoms with Crippen LogP contribution < -0.4 is 0 Å². The molecule has 0 saturated heterocycles. The second-order valence-electron chi connectivity index (χ2n) is 3.68. The van der Waals surface area contributed by atoms with Crippen LogP contribution in [-0.4, -0.2) is 30.2 Å². The summed E-state index contributed by atoms with van der Waals surface area (Å²) in [5.41, 5.74) is 1.44. The maximum Gasteiger partial charge on any atom is 0.254 e. The average Bonchev–Trinajstić information content (AvgIpc) is 2.28. The van der Waals surface area contributed by atoms with Gasteiger partial charge in [-0.2, -0.15) is 0 Å². The molecule has 84 valence electrons. The molecule has 0 saturated carbocycles.